The lowest BCUT2D eigenvalue weighted by atomic mass is 10.0. The minimum atomic E-state index is -0.948. The zero-order valence-corrected chi connectivity index (χ0v) is 36.9. The molecule has 0 fully saturated rings. The Morgan fingerprint density at radius 1 is 0.531 bits per heavy atom. The third-order valence-electron chi connectivity index (χ3n) is 10.2. The van der Waals surface area contributed by atoms with Crippen molar-refractivity contribution in [2.45, 2.75) is 7.43 Å². The third kappa shape index (κ3) is 10.5. The molecule has 0 spiro atoms. The second-order valence-corrected chi connectivity index (χ2v) is 14.0. The number of hydrogen-bond acceptors (Lipinski definition) is 5. The molecule has 3 aromatic heterocycles. The first-order valence-electron chi connectivity index (χ1n) is 19.2. The zero-order chi connectivity index (χ0) is 45.4. The van der Waals surface area contributed by atoms with Crippen molar-refractivity contribution in [2.24, 2.45) is 14.1 Å². The molecule has 0 aliphatic rings. The number of aromatic nitrogens is 3. The van der Waals surface area contributed by atoms with E-state index < -0.39 is 5.97 Å². The number of esters is 2. The molecule has 0 unspecified atom stereocenters. The number of benzene rings is 6. The molecule has 9 nitrogen and oxygen atoms in total. The number of carbonyl (C=O) groups is 3. The molecule has 6 aromatic carbocycles. The van der Waals surface area contributed by atoms with Crippen molar-refractivity contribution >= 4 is 73.2 Å². The predicted molar refractivity (Wildman–Crippen MR) is 257 cm³/mol. The van der Waals surface area contributed by atoms with Gasteiger partial charge >= 0.3 is 17.9 Å². The van der Waals surface area contributed by atoms with Gasteiger partial charge < -0.3 is 28.7 Å². The number of ether oxygens (including phenoxy) is 2. The average molecular weight is 980 g/mol. The topological polar surface area (TPSA) is 116 Å². The van der Waals surface area contributed by atoms with Crippen LogP contribution in [0.2, 0.25) is 0 Å². The molecule has 0 amide bonds. The van der Waals surface area contributed by atoms with Gasteiger partial charge in [-0.25, -0.2) is 27.6 Å². The van der Waals surface area contributed by atoms with Gasteiger partial charge in [-0.05, 0) is 94.4 Å². The Balaban J connectivity index is 0.000000176. The van der Waals surface area contributed by atoms with E-state index in [0.717, 1.165) is 66.1 Å². The number of alkyl halides is 1. The summed E-state index contributed by atoms with van der Waals surface area (Å²) in [4.78, 5) is 39.2. The minimum absolute atomic E-state index is 0. The van der Waals surface area contributed by atoms with Crippen LogP contribution in [0.3, 0.4) is 0 Å². The third-order valence-corrected chi connectivity index (χ3v) is 10.2. The summed E-state index contributed by atoms with van der Waals surface area (Å²) in [6.45, 7) is 0. The second kappa shape index (κ2) is 21.3. The normalized spacial score (nSPS) is 10.4. The highest BCUT2D eigenvalue weighted by Gasteiger charge is 2.15. The number of methoxy groups -OCH3 is 2. The molecule has 2 N–H and O–H groups in total. The molecule has 0 atom stereocenters. The van der Waals surface area contributed by atoms with Gasteiger partial charge in [0.25, 0.3) is 0 Å². The standard InChI is InChI=1S/C17H14FNO2.2C16H12FNO2.CH3I.CH4/c1-19-10-15(11-3-6-13(18)7-4-11)14-8-5-12(9-16(14)19)17(20)21-2;1-20-16(19)11-4-7-13-14(9-18-15(13)8-11)10-2-5-12(17)6-3-10;1-18-9-14(10-2-5-12(17)6-3-10)13-7-4-11(16(19)20)8-15(13)18;1-2;/h3-10H,1-2H3;2-9,18H,1H3;2-9H,1H3,(H,19,20);1H3;1H4. The Hall–Kier alpha value is -7.13. The fourth-order valence-corrected chi connectivity index (χ4v) is 7.10. The summed E-state index contributed by atoms with van der Waals surface area (Å²) >= 11 is 2.15. The van der Waals surface area contributed by atoms with Gasteiger partial charge in [0, 0.05) is 82.1 Å². The maximum atomic E-state index is 13.0. The molecule has 13 heteroatoms. The molecule has 0 saturated carbocycles. The summed E-state index contributed by atoms with van der Waals surface area (Å²) < 4.78 is 52.3. The molecule has 0 bridgehead atoms. The van der Waals surface area contributed by atoms with Crippen LogP contribution >= 0.6 is 22.6 Å². The van der Waals surface area contributed by atoms with Gasteiger partial charge in [0.15, 0.2) is 0 Å². The van der Waals surface area contributed by atoms with Crippen molar-refractivity contribution in [3.63, 3.8) is 0 Å². The lowest BCUT2D eigenvalue weighted by molar-refractivity contribution is 0.0592. The van der Waals surface area contributed by atoms with Crippen LogP contribution in [-0.2, 0) is 23.6 Å². The highest BCUT2D eigenvalue weighted by atomic mass is 127. The molecular formula is C51H45F3IN3O6. The number of aryl methyl sites for hydroxylation is 2. The van der Waals surface area contributed by atoms with E-state index in [9.17, 15) is 27.6 Å². The van der Waals surface area contributed by atoms with Gasteiger partial charge in [0.05, 0.1) is 30.9 Å². The fourth-order valence-electron chi connectivity index (χ4n) is 7.10. The van der Waals surface area contributed by atoms with E-state index in [2.05, 4.69) is 27.6 Å². The van der Waals surface area contributed by atoms with Crippen molar-refractivity contribution in [3.05, 3.63) is 180 Å². The maximum Gasteiger partial charge on any atom is 0.337 e. The number of halogens is 4. The molecular weight excluding hydrogens is 934 g/mol. The van der Waals surface area contributed by atoms with E-state index in [-0.39, 0.29) is 42.4 Å². The number of rotatable bonds is 6. The second-order valence-electron chi connectivity index (χ2n) is 14.0. The number of aromatic carboxylic acids is 1. The molecule has 0 aliphatic carbocycles. The Kier molecular flexibility index (Phi) is 15.9. The minimum Gasteiger partial charge on any atom is -0.478 e. The van der Waals surface area contributed by atoms with E-state index in [4.69, 9.17) is 14.6 Å². The van der Waals surface area contributed by atoms with Crippen molar-refractivity contribution in [2.75, 3.05) is 19.2 Å². The van der Waals surface area contributed by atoms with Crippen LogP contribution in [0.5, 0.6) is 0 Å². The highest BCUT2D eigenvalue weighted by molar-refractivity contribution is 14.1. The number of carboxylic acids is 1. The van der Waals surface area contributed by atoms with Crippen LogP contribution in [0.15, 0.2) is 146 Å². The quantitative estimate of drug-likeness (QED) is 0.0974. The SMILES string of the molecule is C.CI.COC(=O)c1ccc2c(-c3ccc(F)cc3)c[nH]c2c1.COC(=O)c1ccc2c(-c3ccc(F)cc3)cn(C)c2c1.Cn1cc(-c2ccc(F)cc2)c2ccc(C(=O)O)cc21. The summed E-state index contributed by atoms with van der Waals surface area (Å²) in [5.41, 5.74) is 9.55. The molecule has 0 saturated heterocycles. The first-order chi connectivity index (χ1) is 30.3. The van der Waals surface area contributed by atoms with E-state index in [0.29, 0.717) is 11.1 Å². The Morgan fingerprint density at radius 3 is 1.30 bits per heavy atom. The van der Waals surface area contributed by atoms with Crippen LogP contribution in [0.4, 0.5) is 13.2 Å². The van der Waals surface area contributed by atoms with Gasteiger partial charge in [-0.2, -0.15) is 0 Å². The largest absolute Gasteiger partial charge is 0.478 e. The average Bonchev–Trinajstić information content (AvgIpc) is 3.99. The molecule has 0 radical (unpaired) electrons. The number of nitrogens with one attached hydrogen (secondary N) is 1. The molecule has 64 heavy (non-hydrogen) atoms. The van der Waals surface area contributed by atoms with E-state index in [1.807, 2.05) is 58.9 Å². The molecule has 9 rings (SSSR count). The van der Waals surface area contributed by atoms with Crippen molar-refractivity contribution in [1.82, 2.24) is 14.1 Å². The van der Waals surface area contributed by atoms with E-state index in [1.165, 1.54) is 50.6 Å². The van der Waals surface area contributed by atoms with Gasteiger partial charge in [-0.1, -0.05) is 84.6 Å². The molecule has 328 valence electrons. The summed E-state index contributed by atoms with van der Waals surface area (Å²) in [6, 6.07) is 34.7. The maximum absolute atomic E-state index is 13.0. The molecule has 3 heterocycles. The van der Waals surface area contributed by atoms with Crippen LogP contribution in [0.1, 0.15) is 38.5 Å². The van der Waals surface area contributed by atoms with Crippen molar-refractivity contribution in [1.29, 1.82) is 0 Å². The molecule has 0 aliphatic heterocycles. The number of nitrogens with zero attached hydrogens (tertiary/aromatic N) is 2. The number of aromatic amines is 1. The van der Waals surface area contributed by atoms with E-state index >= 15 is 0 Å². The van der Waals surface area contributed by atoms with Crippen LogP contribution < -0.4 is 0 Å². The summed E-state index contributed by atoms with van der Waals surface area (Å²) in [7, 11) is 6.49. The van der Waals surface area contributed by atoms with Gasteiger partial charge in [-0.15, -0.1) is 0 Å². The summed E-state index contributed by atoms with van der Waals surface area (Å²) in [6.07, 6.45) is 5.74. The van der Waals surface area contributed by atoms with Crippen LogP contribution in [-0.4, -0.2) is 56.3 Å². The first kappa shape index (κ1) is 47.9. The van der Waals surface area contributed by atoms with Gasteiger partial charge in [0.1, 0.15) is 17.5 Å². The van der Waals surface area contributed by atoms with Crippen LogP contribution in [0, 0.1) is 17.5 Å². The first-order valence-corrected chi connectivity index (χ1v) is 21.4. The van der Waals surface area contributed by atoms with Crippen molar-refractivity contribution in [3.8, 4) is 33.4 Å². The number of hydrogen-bond donors (Lipinski definition) is 2. The predicted octanol–water partition coefficient (Wildman–Crippen LogP) is 12.9. The Bertz CT molecular complexity index is 3060. The Labute approximate surface area is 381 Å². The van der Waals surface area contributed by atoms with Crippen LogP contribution in [0.25, 0.3) is 66.1 Å². The number of carboxylic acid groups (broad SMARTS) is 1. The number of H-pyrrole nitrogens is 1. The monoisotopic (exact) mass is 979 g/mol. The fraction of sp³-hybridized carbons (Fsp3) is 0.118. The van der Waals surface area contributed by atoms with E-state index in [1.54, 1.807) is 78.9 Å². The van der Waals surface area contributed by atoms with Gasteiger partial charge in [0.2, 0.25) is 0 Å². The van der Waals surface area contributed by atoms with Gasteiger partial charge in [-0.3, -0.25) is 0 Å². The summed E-state index contributed by atoms with van der Waals surface area (Å²) in [5, 5.41) is 12.0. The lowest BCUT2D eigenvalue weighted by Crippen LogP contribution is -2.00. The number of carbonyl (C=O) groups excluding carboxylic acids is 2. The van der Waals surface area contributed by atoms with Crippen molar-refractivity contribution < 1.29 is 42.1 Å². The Morgan fingerprint density at radius 2 is 0.891 bits per heavy atom. The highest BCUT2D eigenvalue weighted by Crippen LogP contribution is 2.33. The lowest BCUT2D eigenvalue weighted by Gasteiger charge is -2.02. The molecule has 9 aromatic rings. The zero-order valence-electron chi connectivity index (χ0n) is 34.8. The number of fused-ring (bicyclic) bond motifs is 3. The smallest absolute Gasteiger partial charge is 0.337 e. The summed E-state index contributed by atoms with van der Waals surface area (Å²) in [5.74, 6) is -2.47.